The highest BCUT2D eigenvalue weighted by atomic mass is 32.2. The third-order valence-electron chi connectivity index (χ3n) is 3.22. The lowest BCUT2D eigenvalue weighted by Gasteiger charge is -2.01. The molecule has 22 heavy (non-hydrogen) atoms. The molecular formula is C15H12N2O4S. The van der Waals surface area contributed by atoms with Gasteiger partial charge in [0.25, 0.3) is 5.69 Å². The van der Waals surface area contributed by atoms with E-state index in [1.807, 2.05) is 6.07 Å². The molecule has 3 rings (SSSR count). The monoisotopic (exact) mass is 316 g/mol. The number of rotatable bonds is 3. The average Bonchev–Trinajstić information content (AvgIpc) is 2.89. The van der Waals surface area contributed by atoms with Crippen LogP contribution >= 0.6 is 0 Å². The Morgan fingerprint density at radius 3 is 2.23 bits per heavy atom. The fraction of sp³-hybridized carbons (Fsp3) is 0.0667. The quantitative estimate of drug-likeness (QED) is 0.690. The van der Waals surface area contributed by atoms with Crippen LogP contribution < -0.4 is 4.90 Å². The normalized spacial score (nSPS) is 11.5. The zero-order chi connectivity index (χ0) is 15.7. The van der Waals surface area contributed by atoms with E-state index < -0.39 is 9.84 Å². The molecular weight excluding hydrogens is 304 g/mol. The summed E-state index contributed by atoms with van der Waals surface area (Å²) in [5.41, 5.74) is 1.92. The molecule has 0 fully saturated rings. The van der Waals surface area contributed by atoms with E-state index in [0.717, 1.165) is 6.26 Å². The number of hydrogen-bond acceptors (Lipinski definition) is 5. The highest BCUT2D eigenvalue weighted by Gasteiger charge is 2.22. The zero-order valence-corrected chi connectivity index (χ0v) is 12.4. The molecule has 0 aliphatic rings. The second-order valence-corrected chi connectivity index (χ2v) is 6.81. The molecule has 2 aromatic carbocycles. The molecule has 0 spiro atoms. The Balaban J connectivity index is 2.11. The van der Waals surface area contributed by atoms with E-state index in [1.54, 1.807) is 36.4 Å². The highest BCUT2D eigenvalue weighted by Crippen LogP contribution is 2.28. The van der Waals surface area contributed by atoms with Crippen molar-refractivity contribution in [2.45, 2.75) is 4.90 Å². The van der Waals surface area contributed by atoms with E-state index in [2.05, 4.69) is 5.16 Å². The Bertz CT molecular complexity index is 900. The van der Waals surface area contributed by atoms with Crippen molar-refractivity contribution in [3.8, 4) is 22.5 Å². The van der Waals surface area contributed by atoms with Gasteiger partial charge in [-0.25, -0.2) is 8.42 Å². The van der Waals surface area contributed by atoms with Crippen molar-refractivity contribution in [2.24, 2.45) is 0 Å². The topological polar surface area (TPSA) is 87.1 Å². The van der Waals surface area contributed by atoms with E-state index >= 15 is 0 Å². The first kappa shape index (κ1) is 14.3. The summed E-state index contributed by atoms with van der Waals surface area (Å²) >= 11 is 0. The van der Waals surface area contributed by atoms with E-state index in [0.29, 0.717) is 21.7 Å². The molecule has 0 saturated heterocycles. The molecule has 0 N–H and O–H groups in total. The van der Waals surface area contributed by atoms with Crippen molar-refractivity contribution in [1.82, 2.24) is 5.16 Å². The van der Waals surface area contributed by atoms with Crippen LogP contribution in [0.5, 0.6) is 0 Å². The first-order valence-electron chi connectivity index (χ1n) is 6.42. The first-order chi connectivity index (χ1) is 10.5. The van der Waals surface area contributed by atoms with Crippen LogP contribution in [-0.4, -0.2) is 19.8 Å². The molecule has 0 atom stereocenters. The summed E-state index contributed by atoms with van der Waals surface area (Å²) in [6.45, 7) is 0. The Morgan fingerprint density at radius 2 is 1.64 bits per heavy atom. The summed E-state index contributed by atoms with van der Waals surface area (Å²) in [5.74, 6) is 0. The molecule has 0 bridgehead atoms. The molecule has 0 saturated carbocycles. The van der Waals surface area contributed by atoms with Gasteiger partial charge >= 0.3 is 0 Å². The summed E-state index contributed by atoms with van der Waals surface area (Å²) < 4.78 is 27.7. The molecule has 0 amide bonds. The van der Waals surface area contributed by atoms with Crippen LogP contribution in [0.1, 0.15) is 0 Å². The number of nitrogens with zero attached hydrogens (tertiary/aromatic N) is 2. The molecule has 1 heterocycles. The molecule has 0 unspecified atom stereocenters. The van der Waals surface area contributed by atoms with Crippen molar-refractivity contribution >= 4 is 9.84 Å². The maximum atomic E-state index is 11.8. The summed E-state index contributed by atoms with van der Waals surface area (Å²) in [6, 6.07) is 15.1. The fourth-order valence-corrected chi connectivity index (χ4v) is 2.77. The summed E-state index contributed by atoms with van der Waals surface area (Å²) in [7, 11) is -3.27. The van der Waals surface area contributed by atoms with Crippen molar-refractivity contribution in [1.29, 1.82) is 0 Å². The highest BCUT2D eigenvalue weighted by molar-refractivity contribution is 7.90. The zero-order valence-electron chi connectivity index (χ0n) is 11.6. The smallest absolute Gasteiger partial charge is 0.256 e. The summed E-state index contributed by atoms with van der Waals surface area (Å²) in [5, 5.41) is 15.6. The van der Waals surface area contributed by atoms with Crippen molar-refractivity contribution in [2.75, 3.05) is 6.26 Å². The van der Waals surface area contributed by atoms with Crippen LogP contribution in [0.4, 0.5) is 0 Å². The second kappa shape index (κ2) is 5.27. The van der Waals surface area contributed by atoms with Crippen LogP contribution in [0, 0.1) is 5.21 Å². The van der Waals surface area contributed by atoms with Gasteiger partial charge in [0.05, 0.1) is 4.90 Å². The number of aromatic nitrogens is 2. The van der Waals surface area contributed by atoms with E-state index in [4.69, 9.17) is 4.63 Å². The van der Waals surface area contributed by atoms with E-state index in [1.165, 1.54) is 12.1 Å². The molecule has 112 valence electrons. The largest absolute Gasteiger partial charge is 0.359 e. The van der Waals surface area contributed by atoms with Crippen LogP contribution in [0.3, 0.4) is 0 Å². The minimum atomic E-state index is -3.27. The van der Waals surface area contributed by atoms with Gasteiger partial charge in [-0.15, -0.1) is 0 Å². The van der Waals surface area contributed by atoms with Gasteiger partial charge in [0.15, 0.2) is 9.84 Å². The van der Waals surface area contributed by atoms with E-state index in [-0.39, 0.29) is 10.6 Å². The van der Waals surface area contributed by atoms with E-state index in [9.17, 15) is 13.6 Å². The van der Waals surface area contributed by atoms with Gasteiger partial charge in [0.2, 0.25) is 5.69 Å². The van der Waals surface area contributed by atoms with Crippen molar-refractivity contribution in [3.05, 3.63) is 59.8 Å². The van der Waals surface area contributed by atoms with Gasteiger partial charge in [0, 0.05) is 22.5 Å². The Hall–Kier alpha value is -2.67. The van der Waals surface area contributed by atoms with Crippen LogP contribution in [0.25, 0.3) is 22.5 Å². The van der Waals surface area contributed by atoms with Crippen molar-refractivity contribution < 1.29 is 17.9 Å². The third-order valence-corrected chi connectivity index (χ3v) is 4.34. The Kier molecular flexibility index (Phi) is 3.42. The van der Waals surface area contributed by atoms with Gasteiger partial charge in [-0.2, -0.15) is 0 Å². The summed E-state index contributed by atoms with van der Waals surface area (Å²) in [6.07, 6.45) is 1.14. The SMILES string of the molecule is CS(=O)(=O)c1ccc(-c2no[n+]([O-])c2-c2ccccc2)cc1. The number of benzene rings is 2. The molecule has 0 aliphatic heterocycles. The van der Waals surface area contributed by atoms with Crippen LogP contribution in [-0.2, 0) is 9.84 Å². The lowest BCUT2D eigenvalue weighted by molar-refractivity contribution is -0.793. The molecule has 1 aromatic heterocycles. The Labute approximate surface area is 127 Å². The number of sulfone groups is 1. The molecule has 0 aliphatic carbocycles. The third kappa shape index (κ3) is 2.58. The lowest BCUT2D eigenvalue weighted by atomic mass is 10.1. The predicted molar refractivity (Wildman–Crippen MR) is 79.4 cm³/mol. The standard InChI is InChI=1S/C15H12N2O4S/c1-22(19,20)13-9-7-11(8-10-13)14-15(17(18)21-16-14)12-5-3-2-4-6-12/h2-10H,1H3. The molecule has 3 aromatic rings. The molecule has 7 heteroatoms. The minimum absolute atomic E-state index is 0.205. The molecule has 6 nitrogen and oxygen atoms in total. The maximum absolute atomic E-state index is 11.8. The first-order valence-corrected chi connectivity index (χ1v) is 8.31. The van der Waals surface area contributed by atoms with Crippen LogP contribution in [0.15, 0.2) is 64.1 Å². The van der Waals surface area contributed by atoms with Gasteiger partial charge in [-0.05, 0) is 29.2 Å². The fourth-order valence-electron chi connectivity index (χ4n) is 2.14. The predicted octanol–water partition coefficient (Wildman–Crippen LogP) is 2.05. The van der Waals surface area contributed by atoms with Gasteiger partial charge < -0.3 is 5.21 Å². The second-order valence-electron chi connectivity index (χ2n) is 4.79. The lowest BCUT2D eigenvalue weighted by Crippen LogP contribution is -2.25. The average molecular weight is 316 g/mol. The Morgan fingerprint density at radius 1 is 1.00 bits per heavy atom. The van der Waals surface area contributed by atoms with Gasteiger partial charge in [-0.1, -0.05) is 30.3 Å². The van der Waals surface area contributed by atoms with Gasteiger partial charge in [-0.3, -0.25) is 4.63 Å². The minimum Gasteiger partial charge on any atom is -0.359 e. The summed E-state index contributed by atoms with van der Waals surface area (Å²) in [4.78, 5) is 0.547. The maximum Gasteiger partial charge on any atom is 0.256 e. The van der Waals surface area contributed by atoms with Crippen LogP contribution in [0.2, 0.25) is 0 Å². The number of hydrogen-bond donors (Lipinski definition) is 0. The van der Waals surface area contributed by atoms with Crippen molar-refractivity contribution in [3.63, 3.8) is 0 Å². The molecule has 0 radical (unpaired) electrons. The van der Waals surface area contributed by atoms with Gasteiger partial charge in [0.1, 0.15) is 0 Å².